The lowest BCUT2D eigenvalue weighted by Gasteiger charge is -2.11. The van der Waals surface area contributed by atoms with Gasteiger partial charge in [-0.05, 0) is 40.2 Å². The number of ether oxygens (including phenoxy) is 2. The van der Waals surface area contributed by atoms with Gasteiger partial charge in [-0.25, -0.2) is 4.39 Å². The maximum atomic E-state index is 12.9. The summed E-state index contributed by atoms with van der Waals surface area (Å²) in [4.78, 5) is 0. The van der Waals surface area contributed by atoms with Crippen molar-refractivity contribution in [2.45, 2.75) is 6.54 Å². The summed E-state index contributed by atoms with van der Waals surface area (Å²) in [5.74, 6) is 1.04. The molecule has 2 aromatic rings. The van der Waals surface area contributed by atoms with Crippen LogP contribution >= 0.6 is 15.9 Å². The molecule has 3 nitrogen and oxygen atoms in total. The Hall–Kier alpha value is -1.59. The van der Waals surface area contributed by atoms with Crippen LogP contribution in [0.5, 0.6) is 11.5 Å². The van der Waals surface area contributed by atoms with Crippen molar-refractivity contribution >= 4 is 15.9 Å². The van der Waals surface area contributed by atoms with Crippen molar-refractivity contribution in [2.75, 3.05) is 13.2 Å². The molecule has 5 heteroatoms. The van der Waals surface area contributed by atoms with Gasteiger partial charge in [-0.15, -0.1) is 0 Å². The maximum Gasteiger partial charge on any atom is 0.133 e. The van der Waals surface area contributed by atoms with Crippen LogP contribution in [0.4, 0.5) is 4.39 Å². The number of para-hydroxylation sites is 1. The van der Waals surface area contributed by atoms with E-state index in [1.54, 1.807) is 6.07 Å². The van der Waals surface area contributed by atoms with Crippen molar-refractivity contribution in [3.63, 3.8) is 0 Å². The second kappa shape index (κ2) is 7.26. The number of halogens is 2. The first-order valence-corrected chi connectivity index (χ1v) is 6.98. The Kier molecular flexibility index (Phi) is 5.38. The van der Waals surface area contributed by atoms with Crippen LogP contribution in [0.3, 0.4) is 0 Å². The van der Waals surface area contributed by atoms with Crippen LogP contribution in [0.2, 0.25) is 0 Å². The van der Waals surface area contributed by atoms with Gasteiger partial charge in [0.05, 0.1) is 4.47 Å². The summed E-state index contributed by atoms with van der Waals surface area (Å²) in [6.07, 6.45) is 0. The summed E-state index contributed by atoms with van der Waals surface area (Å²) in [5, 5.41) is 0. The van der Waals surface area contributed by atoms with Gasteiger partial charge in [-0.3, -0.25) is 0 Å². The molecule has 0 saturated heterocycles. The third-order valence-corrected chi connectivity index (χ3v) is 3.30. The highest BCUT2D eigenvalue weighted by Gasteiger charge is 2.04. The van der Waals surface area contributed by atoms with Gasteiger partial charge in [0.2, 0.25) is 0 Å². The number of hydrogen-bond acceptors (Lipinski definition) is 3. The molecule has 2 rings (SSSR count). The number of rotatable bonds is 6. The van der Waals surface area contributed by atoms with Gasteiger partial charge in [-0.2, -0.15) is 0 Å². The van der Waals surface area contributed by atoms with E-state index in [1.807, 2.05) is 24.3 Å². The van der Waals surface area contributed by atoms with Gasteiger partial charge < -0.3 is 15.2 Å². The van der Waals surface area contributed by atoms with Crippen LogP contribution in [0.1, 0.15) is 5.56 Å². The van der Waals surface area contributed by atoms with Crippen LogP contribution in [0.25, 0.3) is 0 Å². The maximum absolute atomic E-state index is 12.9. The van der Waals surface area contributed by atoms with Crippen LogP contribution < -0.4 is 15.2 Å². The molecule has 0 fully saturated rings. The topological polar surface area (TPSA) is 44.5 Å². The van der Waals surface area contributed by atoms with Gasteiger partial charge in [-0.1, -0.05) is 18.2 Å². The van der Waals surface area contributed by atoms with Crippen molar-refractivity contribution < 1.29 is 13.9 Å². The van der Waals surface area contributed by atoms with Crippen LogP contribution in [0.15, 0.2) is 46.9 Å². The highest BCUT2D eigenvalue weighted by molar-refractivity contribution is 9.10. The Balaban J connectivity index is 1.84. The Labute approximate surface area is 125 Å². The standard InChI is InChI=1S/C15H15BrFNO2/c16-13-9-12(17)5-6-15(13)20-8-7-19-14-4-2-1-3-11(14)10-18/h1-6,9H,7-8,10,18H2. The summed E-state index contributed by atoms with van der Waals surface area (Å²) in [5.41, 5.74) is 6.58. The molecule has 0 unspecified atom stereocenters. The zero-order chi connectivity index (χ0) is 14.4. The van der Waals surface area contributed by atoms with E-state index in [1.165, 1.54) is 12.1 Å². The van der Waals surface area contributed by atoms with E-state index in [0.29, 0.717) is 30.0 Å². The molecule has 2 N–H and O–H groups in total. The molecule has 0 bridgehead atoms. The Morgan fingerprint density at radius 2 is 1.70 bits per heavy atom. The first-order valence-electron chi connectivity index (χ1n) is 6.19. The highest BCUT2D eigenvalue weighted by Crippen LogP contribution is 2.25. The molecular formula is C15H15BrFNO2. The van der Waals surface area contributed by atoms with E-state index in [4.69, 9.17) is 15.2 Å². The van der Waals surface area contributed by atoms with Crippen molar-refractivity contribution in [3.05, 3.63) is 58.3 Å². The molecule has 2 aromatic carbocycles. The normalized spacial score (nSPS) is 10.3. The van der Waals surface area contributed by atoms with Crippen LogP contribution in [-0.2, 0) is 6.54 Å². The predicted molar refractivity (Wildman–Crippen MR) is 79.4 cm³/mol. The molecule has 0 atom stereocenters. The molecule has 0 saturated carbocycles. The smallest absolute Gasteiger partial charge is 0.133 e. The molecule has 0 aliphatic rings. The Morgan fingerprint density at radius 1 is 1.00 bits per heavy atom. The second-order valence-corrected chi connectivity index (χ2v) is 4.94. The van der Waals surface area contributed by atoms with E-state index in [0.717, 1.165) is 11.3 Å². The first-order chi connectivity index (χ1) is 9.70. The fourth-order valence-electron chi connectivity index (χ4n) is 1.71. The fourth-order valence-corrected chi connectivity index (χ4v) is 2.17. The summed E-state index contributed by atoms with van der Waals surface area (Å²) >= 11 is 3.24. The van der Waals surface area contributed by atoms with Crippen LogP contribution in [0, 0.1) is 5.82 Å². The zero-order valence-corrected chi connectivity index (χ0v) is 12.4. The zero-order valence-electron chi connectivity index (χ0n) is 10.8. The summed E-state index contributed by atoms with van der Waals surface area (Å²) in [6, 6.07) is 11.9. The summed E-state index contributed by atoms with van der Waals surface area (Å²) in [6.45, 7) is 1.19. The van der Waals surface area contributed by atoms with Crippen molar-refractivity contribution in [2.24, 2.45) is 5.73 Å². The molecule has 106 valence electrons. The van der Waals surface area contributed by atoms with Crippen LogP contribution in [-0.4, -0.2) is 13.2 Å². The SMILES string of the molecule is NCc1ccccc1OCCOc1ccc(F)cc1Br. The van der Waals surface area contributed by atoms with Gasteiger partial charge in [0.1, 0.15) is 30.5 Å². The number of hydrogen-bond donors (Lipinski definition) is 1. The minimum Gasteiger partial charge on any atom is -0.490 e. The highest BCUT2D eigenvalue weighted by atomic mass is 79.9. The van der Waals surface area contributed by atoms with Crippen molar-refractivity contribution in [1.29, 1.82) is 0 Å². The monoisotopic (exact) mass is 339 g/mol. The van der Waals surface area contributed by atoms with Crippen molar-refractivity contribution in [3.8, 4) is 11.5 Å². The molecular weight excluding hydrogens is 325 g/mol. The van der Waals surface area contributed by atoms with Crippen molar-refractivity contribution in [1.82, 2.24) is 0 Å². The quantitative estimate of drug-likeness (QED) is 0.819. The fraction of sp³-hybridized carbons (Fsp3) is 0.200. The molecule has 0 heterocycles. The minimum atomic E-state index is -0.308. The summed E-state index contributed by atoms with van der Waals surface area (Å²) < 4.78 is 24.6. The average molecular weight is 340 g/mol. The van der Waals surface area contributed by atoms with E-state index < -0.39 is 0 Å². The first kappa shape index (κ1) is 14.8. The molecule has 0 aromatic heterocycles. The summed E-state index contributed by atoms with van der Waals surface area (Å²) in [7, 11) is 0. The van der Waals surface area contributed by atoms with E-state index in [9.17, 15) is 4.39 Å². The predicted octanol–water partition coefficient (Wildman–Crippen LogP) is 3.50. The van der Waals surface area contributed by atoms with E-state index in [-0.39, 0.29) is 5.82 Å². The van der Waals surface area contributed by atoms with Gasteiger partial charge in [0, 0.05) is 12.1 Å². The van der Waals surface area contributed by atoms with Gasteiger partial charge >= 0.3 is 0 Å². The van der Waals surface area contributed by atoms with Gasteiger partial charge in [0.15, 0.2) is 0 Å². The largest absolute Gasteiger partial charge is 0.490 e. The Morgan fingerprint density at radius 3 is 2.40 bits per heavy atom. The van der Waals surface area contributed by atoms with E-state index >= 15 is 0 Å². The Bertz CT molecular complexity index is 578. The third-order valence-electron chi connectivity index (χ3n) is 2.68. The number of benzene rings is 2. The third kappa shape index (κ3) is 3.95. The lowest BCUT2D eigenvalue weighted by atomic mass is 10.2. The average Bonchev–Trinajstić information content (AvgIpc) is 2.46. The second-order valence-electron chi connectivity index (χ2n) is 4.08. The molecule has 0 radical (unpaired) electrons. The lowest BCUT2D eigenvalue weighted by molar-refractivity contribution is 0.215. The van der Waals surface area contributed by atoms with Gasteiger partial charge in [0.25, 0.3) is 0 Å². The number of nitrogens with two attached hydrogens (primary N) is 1. The molecule has 0 aliphatic carbocycles. The molecule has 0 spiro atoms. The molecule has 20 heavy (non-hydrogen) atoms. The molecule has 0 amide bonds. The lowest BCUT2D eigenvalue weighted by Crippen LogP contribution is -2.11. The molecule has 0 aliphatic heterocycles. The minimum absolute atomic E-state index is 0.308. The van der Waals surface area contributed by atoms with E-state index in [2.05, 4.69) is 15.9 Å².